The summed E-state index contributed by atoms with van der Waals surface area (Å²) >= 11 is 1.09. The van der Waals surface area contributed by atoms with Crippen LogP contribution in [0.5, 0.6) is 0 Å². The number of ether oxygens (including phenoxy) is 1. The van der Waals surface area contributed by atoms with E-state index in [4.69, 9.17) is 10.5 Å². The molecular weight excluding hydrogens is 270 g/mol. The molecule has 1 fully saturated rings. The Hall–Kier alpha value is -1.38. The van der Waals surface area contributed by atoms with Crippen molar-refractivity contribution in [2.75, 3.05) is 11.5 Å². The normalized spacial score (nSPS) is 26.5. The van der Waals surface area contributed by atoms with Crippen molar-refractivity contribution in [3.8, 4) is 0 Å². The van der Waals surface area contributed by atoms with E-state index in [1.807, 2.05) is 0 Å². The number of aromatic nitrogens is 2. The topological polar surface area (TPSA) is 107 Å². The van der Waals surface area contributed by atoms with Crippen LogP contribution in [0.1, 0.15) is 19.6 Å². The Bertz CT molecular complexity index is 533. The summed E-state index contributed by atoms with van der Waals surface area (Å²) in [7, 11) is 0. The fourth-order valence-electron chi connectivity index (χ4n) is 1.88. The summed E-state index contributed by atoms with van der Waals surface area (Å²) in [6.45, 7) is 1.46. The molecule has 0 aliphatic carbocycles. The first-order valence-corrected chi connectivity index (χ1v) is 6.77. The number of nitrogen functional groups attached to an aromatic ring is 1. The van der Waals surface area contributed by atoms with Gasteiger partial charge in [-0.3, -0.25) is 9.36 Å². The quantitative estimate of drug-likeness (QED) is 0.788. The van der Waals surface area contributed by atoms with Gasteiger partial charge in [0.05, 0.1) is 12.2 Å². The molecule has 3 N–H and O–H groups in total. The van der Waals surface area contributed by atoms with Gasteiger partial charge in [0.1, 0.15) is 12.0 Å². The first-order valence-electron chi connectivity index (χ1n) is 5.79. The van der Waals surface area contributed by atoms with Gasteiger partial charge in [-0.05, 0) is 6.07 Å². The van der Waals surface area contributed by atoms with Crippen LogP contribution in [0.2, 0.25) is 0 Å². The Morgan fingerprint density at radius 1 is 1.74 bits per heavy atom. The Labute approximate surface area is 113 Å². The summed E-state index contributed by atoms with van der Waals surface area (Å²) in [6, 6.07) is 1.49. The van der Waals surface area contributed by atoms with Gasteiger partial charge in [0.2, 0.25) is 0 Å². The van der Waals surface area contributed by atoms with E-state index in [0.717, 1.165) is 11.8 Å². The molecular formula is C11H15N3O4S. The van der Waals surface area contributed by atoms with Gasteiger partial charge in [-0.15, -0.1) is 0 Å². The fourth-order valence-corrected chi connectivity index (χ4v) is 2.58. The van der Waals surface area contributed by atoms with Crippen LogP contribution in [-0.2, 0) is 9.53 Å². The highest BCUT2D eigenvalue weighted by Crippen LogP contribution is 2.29. The van der Waals surface area contributed by atoms with Crippen molar-refractivity contribution >= 4 is 22.7 Å². The third kappa shape index (κ3) is 3.34. The first kappa shape index (κ1) is 14.0. The summed E-state index contributed by atoms with van der Waals surface area (Å²) in [5.74, 6) is 0.507. The Morgan fingerprint density at radius 3 is 3.11 bits per heavy atom. The number of hydrogen-bond donors (Lipinski definition) is 2. The molecule has 0 unspecified atom stereocenters. The largest absolute Gasteiger partial charge is 0.390 e. The molecule has 1 saturated heterocycles. The van der Waals surface area contributed by atoms with E-state index < -0.39 is 24.1 Å². The predicted octanol–water partition coefficient (Wildman–Crippen LogP) is -0.246. The maximum atomic E-state index is 11.7. The van der Waals surface area contributed by atoms with Gasteiger partial charge in [-0.1, -0.05) is 11.8 Å². The summed E-state index contributed by atoms with van der Waals surface area (Å²) in [6.07, 6.45) is 0.0230. The molecule has 1 aromatic rings. The standard InChI is InChI=1S/C11H15N3O4S/c1-6(15)19-5-8-7(16)4-10(18-8)14-3-2-9(12)13-11(14)17/h2-3,7-8,10,16H,4-5H2,1H3,(H2,12,13,17)/t7-,8+,10+/m0/s1. The molecule has 0 aromatic carbocycles. The van der Waals surface area contributed by atoms with E-state index in [9.17, 15) is 14.7 Å². The number of anilines is 1. The third-order valence-corrected chi connectivity index (χ3v) is 3.72. The average Bonchev–Trinajstić information content (AvgIpc) is 2.67. The maximum Gasteiger partial charge on any atom is 0.351 e. The number of nitrogens with zero attached hydrogens (tertiary/aromatic N) is 2. The van der Waals surface area contributed by atoms with Crippen LogP contribution in [0.15, 0.2) is 17.1 Å². The number of aliphatic hydroxyl groups excluding tert-OH is 1. The van der Waals surface area contributed by atoms with Crippen LogP contribution in [0, 0.1) is 0 Å². The molecule has 0 amide bonds. The number of thioether (sulfide) groups is 1. The van der Waals surface area contributed by atoms with Crippen LogP contribution >= 0.6 is 11.8 Å². The molecule has 19 heavy (non-hydrogen) atoms. The van der Waals surface area contributed by atoms with E-state index in [-0.39, 0.29) is 17.4 Å². The lowest BCUT2D eigenvalue weighted by Crippen LogP contribution is -2.27. The van der Waals surface area contributed by atoms with Crippen LogP contribution in [-0.4, -0.2) is 37.7 Å². The van der Waals surface area contributed by atoms with Crippen LogP contribution < -0.4 is 11.4 Å². The Balaban J connectivity index is 2.07. The lowest BCUT2D eigenvalue weighted by atomic mass is 10.2. The number of hydrogen-bond acceptors (Lipinski definition) is 7. The Morgan fingerprint density at radius 2 is 2.47 bits per heavy atom. The highest BCUT2D eigenvalue weighted by Gasteiger charge is 2.35. The smallest absolute Gasteiger partial charge is 0.351 e. The zero-order valence-corrected chi connectivity index (χ0v) is 11.2. The van der Waals surface area contributed by atoms with Gasteiger partial charge < -0.3 is 15.6 Å². The summed E-state index contributed by atoms with van der Waals surface area (Å²) in [4.78, 5) is 26.2. The second-order valence-corrected chi connectivity index (χ2v) is 5.47. The van der Waals surface area contributed by atoms with Gasteiger partial charge in [0.25, 0.3) is 0 Å². The van der Waals surface area contributed by atoms with Crippen molar-refractivity contribution in [2.45, 2.75) is 31.8 Å². The van der Waals surface area contributed by atoms with Crippen LogP contribution in [0.4, 0.5) is 5.82 Å². The number of nitrogens with two attached hydrogens (primary N) is 1. The highest BCUT2D eigenvalue weighted by molar-refractivity contribution is 8.13. The minimum absolute atomic E-state index is 0.0365. The van der Waals surface area contributed by atoms with Crippen molar-refractivity contribution in [1.82, 2.24) is 9.55 Å². The van der Waals surface area contributed by atoms with Crippen LogP contribution in [0.25, 0.3) is 0 Å². The predicted molar refractivity (Wildman–Crippen MR) is 70.6 cm³/mol. The van der Waals surface area contributed by atoms with E-state index in [1.54, 1.807) is 0 Å². The zero-order chi connectivity index (χ0) is 14.0. The molecule has 2 heterocycles. The number of carbonyl (C=O) groups is 1. The van der Waals surface area contributed by atoms with Crippen molar-refractivity contribution in [2.24, 2.45) is 0 Å². The van der Waals surface area contributed by atoms with E-state index in [0.29, 0.717) is 5.75 Å². The number of carbonyl (C=O) groups excluding carboxylic acids is 1. The minimum atomic E-state index is -0.707. The van der Waals surface area contributed by atoms with Gasteiger partial charge in [0, 0.05) is 25.3 Å². The fraction of sp³-hybridized carbons (Fsp3) is 0.545. The van der Waals surface area contributed by atoms with Crippen molar-refractivity contribution < 1.29 is 14.6 Å². The second kappa shape index (κ2) is 5.72. The summed E-state index contributed by atoms with van der Waals surface area (Å²) in [5, 5.41) is 9.83. The molecule has 1 aliphatic rings. The van der Waals surface area contributed by atoms with Gasteiger partial charge in [-0.2, -0.15) is 4.98 Å². The molecule has 0 saturated carbocycles. The average molecular weight is 285 g/mol. The number of aliphatic hydroxyl groups is 1. The molecule has 7 nitrogen and oxygen atoms in total. The molecule has 2 rings (SSSR count). The van der Waals surface area contributed by atoms with Gasteiger partial charge in [0.15, 0.2) is 5.12 Å². The highest BCUT2D eigenvalue weighted by atomic mass is 32.2. The molecule has 1 aromatic heterocycles. The zero-order valence-electron chi connectivity index (χ0n) is 10.4. The van der Waals surface area contributed by atoms with Crippen molar-refractivity contribution in [3.05, 3.63) is 22.7 Å². The molecule has 0 spiro atoms. The van der Waals surface area contributed by atoms with Crippen molar-refractivity contribution in [3.63, 3.8) is 0 Å². The lowest BCUT2D eigenvalue weighted by molar-refractivity contribution is -0.109. The molecule has 3 atom stereocenters. The Kier molecular flexibility index (Phi) is 4.23. The van der Waals surface area contributed by atoms with E-state index >= 15 is 0 Å². The lowest BCUT2D eigenvalue weighted by Gasteiger charge is -2.15. The first-order chi connectivity index (χ1) is 8.97. The van der Waals surface area contributed by atoms with Crippen molar-refractivity contribution in [1.29, 1.82) is 0 Å². The van der Waals surface area contributed by atoms with Gasteiger partial charge >= 0.3 is 5.69 Å². The molecule has 0 bridgehead atoms. The SMILES string of the molecule is CC(=O)SC[C@H]1O[C@@H](n2ccc(N)nc2=O)C[C@@H]1O. The molecule has 1 aliphatic heterocycles. The monoisotopic (exact) mass is 285 g/mol. The molecule has 0 radical (unpaired) electrons. The number of rotatable bonds is 3. The van der Waals surface area contributed by atoms with E-state index in [1.165, 1.54) is 23.8 Å². The maximum absolute atomic E-state index is 11.7. The minimum Gasteiger partial charge on any atom is -0.390 e. The second-order valence-electron chi connectivity index (χ2n) is 4.28. The molecule has 104 valence electrons. The molecule has 8 heteroatoms. The van der Waals surface area contributed by atoms with Gasteiger partial charge in [-0.25, -0.2) is 4.79 Å². The van der Waals surface area contributed by atoms with Crippen LogP contribution in [0.3, 0.4) is 0 Å². The van der Waals surface area contributed by atoms with E-state index in [2.05, 4.69) is 4.98 Å². The summed E-state index contributed by atoms with van der Waals surface area (Å²) < 4.78 is 6.88. The third-order valence-electron chi connectivity index (χ3n) is 2.82. The summed E-state index contributed by atoms with van der Waals surface area (Å²) in [5.41, 5.74) is 4.89.